The Morgan fingerprint density at radius 2 is 2.10 bits per heavy atom. The van der Waals surface area contributed by atoms with Gasteiger partial charge in [-0.3, -0.25) is 14.7 Å². The van der Waals surface area contributed by atoms with Gasteiger partial charge >= 0.3 is 0 Å². The Labute approximate surface area is 122 Å². The number of carbonyl (C=O) groups excluding carboxylic acids is 1. The van der Waals surface area contributed by atoms with Crippen molar-refractivity contribution < 1.29 is 9.21 Å². The van der Waals surface area contributed by atoms with Crippen LogP contribution >= 0.6 is 0 Å². The number of piperazine rings is 1. The molecule has 2 aromatic rings. The van der Waals surface area contributed by atoms with Crippen LogP contribution in [0, 0.1) is 6.92 Å². The fraction of sp³-hybridized carbons (Fsp3) is 0.429. The SMILES string of the molecule is Cc1nnc(CN2CCN(C(=O)c3cccnc3)CC2)o1. The lowest BCUT2D eigenvalue weighted by Crippen LogP contribution is -2.48. The summed E-state index contributed by atoms with van der Waals surface area (Å²) < 4.78 is 5.38. The number of amides is 1. The topological polar surface area (TPSA) is 75.4 Å². The molecule has 110 valence electrons. The van der Waals surface area contributed by atoms with Gasteiger partial charge in [0, 0.05) is 45.5 Å². The van der Waals surface area contributed by atoms with E-state index in [-0.39, 0.29) is 5.91 Å². The highest BCUT2D eigenvalue weighted by Crippen LogP contribution is 2.10. The monoisotopic (exact) mass is 287 g/mol. The first-order valence-corrected chi connectivity index (χ1v) is 6.93. The van der Waals surface area contributed by atoms with Crippen LogP contribution in [0.1, 0.15) is 22.1 Å². The van der Waals surface area contributed by atoms with Crippen LogP contribution in [0.3, 0.4) is 0 Å². The van der Waals surface area contributed by atoms with Gasteiger partial charge in [-0.1, -0.05) is 0 Å². The number of nitrogens with zero attached hydrogens (tertiary/aromatic N) is 5. The minimum absolute atomic E-state index is 0.0383. The van der Waals surface area contributed by atoms with Gasteiger partial charge in [0.05, 0.1) is 12.1 Å². The lowest BCUT2D eigenvalue weighted by molar-refractivity contribution is 0.0617. The first-order chi connectivity index (χ1) is 10.2. The number of hydrogen-bond donors (Lipinski definition) is 0. The molecule has 1 amide bonds. The maximum absolute atomic E-state index is 12.3. The van der Waals surface area contributed by atoms with Crippen molar-refractivity contribution in [1.82, 2.24) is 25.0 Å². The molecule has 1 fully saturated rings. The van der Waals surface area contributed by atoms with E-state index in [1.807, 2.05) is 4.90 Å². The van der Waals surface area contributed by atoms with Crippen LogP contribution in [0.2, 0.25) is 0 Å². The predicted octanol–water partition coefficient (Wildman–Crippen LogP) is 0.731. The van der Waals surface area contributed by atoms with E-state index in [9.17, 15) is 4.79 Å². The summed E-state index contributed by atoms with van der Waals surface area (Å²) in [5.41, 5.74) is 0.637. The van der Waals surface area contributed by atoms with Crippen molar-refractivity contribution >= 4 is 5.91 Å². The fourth-order valence-corrected chi connectivity index (χ4v) is 2.37. The zero-order valence-electron chi connectivity index (χ0n) is 11.9. The van der Waals surface area contributed by atoms with Crippen LogP contribution in [-0.4, -0.2) is 57.1 Å². The predicted molar refractivity (Wildman–Crippen MR) is 74.5 cm³/mol. The molecule has 0 unspecified atom stereocenters. The molecule has 0 N–H and O–H groups in total. The molecular weight excluding hydrogens is 270 g/mol. The quantitative estimate of drug-likeness (QED) is 0.828. The maximum atomic E-state index is 12.3. The summed E-state index contributed by atoms with van der Waals surface area (Å²) >= 11 is 0. The Hall–Kier alpha value is -2.28. The van der Waals surface area contributed by atoms with Crippen LogP contribution < -0.4 is 0 Å². The third kappa shape index (κ3) is 3.25. The molecule has 0 bridgehead atoms. The van der Waals surface area contributed by atoms with E-state index in [0.29, 0.717) is 37.0 Å². The van der Waals surface area contributed by atoms with E-state index in [2.05, 4.69) is 20.1 Å². The van der Waals surface area contributed by atoms with E-state index in [1.165, 1.54) is 0 Å². The van der Waals surface area contributed by atoms with Crippen molar-refractivity contribution in [3.05, 3.63) is 41.9 Å². The van der Waals surface area contributed by atoms with Crippen LogP contribution in [0.5, 0.6) is 0 Å². The molecule has 7 heteroatoms. The van der Waals surface area contributed by atoms with Gasteiger partial charge in [-0.2, -0.15) is 0 Å². The zero-order chi connectivity index (χ0) is 14.7. The third-order valence-corrected chi connectivity index (χ3v) is 3.49. The van der Waals surface area contributed by atoms with E-state index < -0.39 is 0 Å². The molecule has 0 radical (unpaired) electrons. The number of carbonyl (C=O) groups is 1. The van der Waals surface area contributed by atoms with E-state index in [1.54, 1.807) is 31.5 Å². The smallest absolute Gasteiger partial charge is 0.255 e. The molecule has 7 nitrogen and oxygen atoms in total. The lowest BCUT2D eigenvalue weighted by atomic mass is 10.2. The largest absolute Gasteiger partial charge is 0.424 e. The molecule has 0 aliphatic carbocycles. The Kier molecular flexibility index (Phi) is 3.92. The summed E-state index contributed by atoms with van der Waals surface area (Å²) in [5.74, 6) is 1.24. The summed E-state index contributed by atoms with van der Waals surface area (Å²) in [5, 5.41) is 7.81. The number of hydrogen-bond acceptors (Lipinski definition) is 6. The summed E-state index contributed by atoms with van der Waals surface area (Å²) in [6.07, 6.45) is 3.27. The van der Waals surface area contributed by atoms with Gasteiger partial charge in [-0.25, -0.2) is 0 Å². The molecule has 0 spiro atoms. The van der Waals surface area contributed by atoms with Crippen molar-refractivity contribution in [3.8, 4) is 0 Å². The van der Waals surface area contributed by atoms with Crippen LogP contribution in [-0.2, 0) is 6.54 Å². The highest BCUT2D eigenvalue weighted by molar-refractivity contribution is 5.93. The van der Waals surface area contributed by atoms with E-state index in [0.717, 1.165) is 13.1 Å². The average molecular weight is 287 g/mol. The molecule has 0 atom stereocenters. The van der Waals surface area contributed by atoms with Gasteiger partial charge in [0.25, 0.3) is 5.91 Å². The first-order valence-electron chi connectivity index (χ1n) is 6.93. The van der Waals surface area contributed by atoms with Crippen LogP contribution in [0.25, 0.3) is 0 Å². The molecule has 0 saturated carbocycles. The molecule has 0 aromatic carbocycles. The van der Waals surface area contributed by atoms with Gasteiger partial charge in [0.15, 0.2) is 0 Å². The summed E-state index contributed by atoms with van der Waals surface area (Å²) in [4.78, 5) is 20.3. The summed E-state index contributed by atoms with van der Waals surface area (Å²) in [6, 6.07) is 3.57. The Balaban J connectivity index is 1.54. The summed E-state index contributed by atoms with van der Waals surface area (Å²) in [6.45, 7) is 5.40. The van der Waals surface area contributed by atoms with Gasteiger partial charge in [0.2, 0.25) is 11.8 Å². The highest BCUT2D eigenvalue weighted by atomic mass is 16.4. The van der Waals surface area contributed by atoms with Crippen molar-refractivity contribution in [2.45, 2.75) is 13.5 Å². The molecule has 1 aliphatic rings. The number of rotatable bonds is 3. The second-order valence-corrected chi connectivity index (χ2v) is 5.02. The molecule has 21 heavy (non-hydrogen) atoms. The van der Waals surface area contributed by atoms with Crippen LogP contribution in [0.15, 0.2) is 28.9 Å². The molecule has 1 aliphatic heterocycles. The van der Waals surface area contributed by atoms with Crippen LogP contribution in [0.4, 0.5) is 0 Å². The average Bonchev–Trinajstić information content (AvgIpc) is 2.93. The maximum Gasteiger partial charge on any atom is 0.255 e. The van der Waals surface area contributed by atoms with Gasteiger partial charge in [0.1, 0.15) is 0 Å². The standard InChI is InChI=1S/C14H17N5O2/c1-11-16-17-13(21-11)10-18-5-7-19(8-6-18)14(20)12-3-2-4-15-9-12/h2-4,9H,5-8,10H2,1H3. The highest BCUT2D eigenvalue weighted by Gasteiger charge is 2.23. The second kappa shape index (κ2) is 6.01. The minimum Gasteiger partial charge on any atom is -0.424 e. The van der Waals surface area contributed by atoms with Crippen molar-refractivity contribution in [2.75, 3.05) is 26.2 Å². The molecule has 3 rings (SSSR count). The fourth-order valence-electron chi connectivity index (χ4n) is 2.37. The normalized spacial score (nSPS) is 16.1. The minimum atomic E-state index is 0.0383. The molecule has 2 aromatic heterocycles. The van der Waals surface area contributed by atoms with E-state index in [4.69, 9.17) is 4.42 Å². The van der Waals surface area contributed by atoms with E-state index >= 15 is 0 Å². The van der Waals surface area contributed by atoms with Crippen molar-refractivity contribution in [2.24, 2.45) is 0 Å². The van der Waals surface area contributed by atoms with Gasteiger partial charge in [-0.15, -0.1) is 10.2 Å². The third-order valence-electron chi connectivity index (χ3n) is 3.49. The Morgan fingerprint density at radius 1 is 1.29 bits per heavy atom. The number of pyridine rings is 1. The zero-order valence-corrected chi connectivity index (χ0v) is 11.9. The van der Waals surface area contributed by atoms with Crippen molar-refractivity contribution in [1.29, 1.82) is 0 Å². The molecule has 1 saturated heterocycles. The van der Waals surface area contributed by atoms with Gasteiger partial charge < -0.3 is 9.32 Å². The van der Waals surface area contributed by atoms with Gasteiger partial charge in [-0.05, 0) is 12.1 Å². The Morgan fingerprint density at radius 3 is 2.71 bits per heavy atom. The summed E-state index contributed by atoms with van der Waals surface area (Å²) in [7, 11) is 0. The van der Waals surface area contributed by atoms with Crippen molar-refractivity contribution in [3.63, 3.8) is 0 Å². The first kappa shape index (κ1) is 13.7. The lowest BCUT2D eigenvalue weighted by Gasteiger charge is -2.33. The number of aromatic nitrogens is 3. The molecular formula is C14H17N5O2. The molecule has 3 heterocycles. The second-order valence-electron chi connectivity index (χ2n) is 5.02. The number of aryl methyl sites for hydroxylation is 1. The Bertz CT molecular complexity index is 605.